The van der Waals surface area contributed by atoms with Gasteiger partial charge in [0, 0.05) is 18.3 Å². The zero-order chi connectivity index (χ0) is 13.4. The number of nitrogens with one attached hydrogen (secondary N) is 2. The second-order valence-electron chi connectivity index (χ2n) is 4.35. The molecular weight excluding hydrogens is 248 g/mol. The number of aromatic amines is 1. The van der Waals surface area contributed by atoms with Gasteiger partial charge in [0.1, 0.15) is 0 Å². The van der Waals surface area contributed by atoms with Crippen LogP contribution in [0.15, 0.2) is 9.95 Å². The fourth-order valence-corrected chi connectivity index (χ4v) is 2.81. The van der Waals surface area contributed by atoms with Gasteiger partial charge in [-0.1, -0.05) is 25.6 Å². The number of hydrogen-bond donors (Lipinski definition) is 2. The Balaban J connectivity index is 2.37. The summed E-state index contributed by atoms with van der Waals surface area (Å²) < 4.78 is 1.72. The Morgan fingerprint density at radius 3 is 2.89 bits per heavy atom. The van der Waals surface area contributed by atoms with Gasteiger partial charge in [-0.05, 0) is 32.7 Å². The Kier molecular flexibility index (Phi) is 7.12. The normalized spacial score (nSPS) is 12.8. The van der Waals surface area contributed by atoms with Crippen molar-refractivity contribution in [1.82, 2.24) is 20.1 Å². The second kappa shape index (κ2) is 8.37. The van der Waals surface area contributed by atoms with Crippen molar-refractivity contribution in [2.75, 3.05) is 12.8 Å². The first-order chi connectivity index (χ1) is 8.72. The summed E-state index contributed by atoms with van der Waals surface area (Å²) in [6.07, 6.45) is 4.41. The molecule has 0 radical (unpaired) electrons. The molecule has 0 aliphatic rings. The van der Waals surface area contributed by atoms with Crippen molar-refractivity contribution >= 4 is 11.8 Å². The largest absolute Gasteiger partial charge is 0.343 e. The standard InChI is InChI=1S/C12H24N4OS/c1-4-8-16-11(17)14-15-12(16)18-9-6-7-10(5-2)13-3/h10,13H,4-9H2,1-3H3,(H,14,17). The summed E-state index contributed by atoms with van der Waals surface area (Å²) in [7, 11) is 2.01. The summed E-state index contributed by atoms with van der Waals surface area (Å²) in [5.74, 6) is 1.01. The summed E-state index contributed by atoms with van der Waals surface area (Å²) in [5.41, 5.74) is -0.0963. The minimum absolute atomic E-state index is 0.0963. The van der Waals surface area contributed by atoms with Crippen LogP contribution in [0.25, 0.3) is 0 Å². The first kappa shape index (κ1) is 15.3. The maximum Gasteiger partial charge on any atom is 0.343 e. The molecule has 2 N–H and O–H groups in total. The lowest BCUT2D eigenvalue weighted by atomic mass is 10.1. The Morgan fingerprint density at radius 1 is 1.50 bits per heavy atom. The maximum atomic E-state index is 11.5. The molecule has 0 amide bonds. The highest BCUT2D eigenvalue weighted by atomic mass is 32.2. The van der Waals surface area contributed by atoms with Gasteiger partial charge in [0.15, 0.2) is 5.16 Å². The molecule has 0 saturated carbocycles. The van der Waals surface area contributed by atoms with E-state index in [4.69, 9.17) is 0 Å². The van der Waals surface area contributed by atoms with Crippen LogP contribution in [0.3, 0.4) is 0 Å². The van der Waals surface area contributed by atoms with E-state index in [1.807, 2.05) is 7.05 Å². The zero-order valence-electron chi connectivity index (χ0n) is 11.5. The molecule has 0 aliphatic heterocycles. The van der Waals surface area contributed by atoms with Crippen LogP contribution in [-0.4, -0.2) is 33.6 Å². The van der Waals surface area contributed by atoms with Crippen LogP contribution in [0, 0.1) is 0 Å². The van der Waals surface area contributed by atoms with E-state index in [0.717, 1.165) is 36.7 Å². The van der Waals surface area contributed by atoms with Crippen molar-refractivity contribution in [2.45, 2.75) is 57.3 Å². The number of rotatable bonds is 9. The Labute approximate surface area is 113 Å². The molecule has 0 bridgehead atoms. The van der Waals surface area contributed by atoms with Crippen molar-refractivity contribution in [1.29, 1.82) is 0 Å². The van der Waals surface area contributed by atoms with Gasteiger partial charge in [-0.25, -0.2) is 9.89 Å². The summed E-state index contributed by atoms with van der Waals surface area (Å²) in [4.78, 5) is 11.5. The van der Waals surface area contributed by atoms with Gasteiger partial charge in [0.2, 0.25) is 0 Å². The van der Waals surface area contributed by atoms with E-state index in [1.54, 1.807) is 16.3 Å². The van der Waals surface area contributed by atoms with Crippen molar-refractivity contribution in [3.05, 3.63) is 10.5 Å². The van der Waals surface area contributed by atoms with Gasteiger partial charge in [0.05, 0.1) is 0 Å². The van der Waals surface area contributed by atoms with Crippen LogP contribution >= 0.6 is 11.8 Å². The monoisotopic (exact) mass is 272 g/mol. The van der Waals surface area contributed by atoms with Crippen LogP contribution in [0.1, 0.15) is 39.5 Å². The Morgan fingerprint density at radius 2 is 2.28 bits per heavy atom. The van der Waals surface area contributed by atoms with E-state index >= 15 is 0 Å². The highest BCUT2D eigenvalue weighted by Gasteiger charge is 2.08. The van der Waals surface area contributed by atoms with Crippen molar-refractivity contribution in [2.24, 2.45) is 0 Å². The fraction of sp³-hybridized carbons (Fsp3) is 0.833. The van der Waals surface area contributed by atoms with E-state index in [9.17, 15) is 4.79 Å². The molecular formula is C12H24N4OS. The first-order valence-electron chi connectivity index (χ1n) is 6.68. The molecule has 104 valence electrons. The third kappa shape index (κ3) is 4.49. The van der Waals surface area contributed by atoms with Crippen LogP contribution in [0.5, 0.6) is 0 Å². The minimum atomic E-state index is -0.0963. The molecule has 6 heteroatoms. The number of hydrogen-bond acceptors (Lipinski definition) is 4. The first-order valence-corrected chi connectivity index (χ1v) is 7.66. The summed E-state index contributed by atoms with van der Waals surface area (Å²) in [6, 6.07) is 0.600. The molecule has 1 atom stereocenters. The third-order valence-corrected chi connectivity index (χ3v) is 4.06. The van der Waals surface area contributed by atoms with Gasteiger partial charge < -0.3 is 5.32 Å². The van der Waals surface area contributed by atoms with Gasteiger partial charge >= 0.3 is 5.69 Å². The topological polar surface area (TPSA) is 62.7 Å². The van der Waals surface area contributed by atoms with Gasteiger partial charge in [-0.15, -0.1) is 5.10 Å². The molecule has 5 nitrogen and oxygen atoms in total. The molecule has 1 unspecified atom stereocenters. The van der Waals surface area contributed by atoms with E-state index in [1.165, 1.54) is 6.42 Å². The molecule has 1 aromatic heterocycles. The van der Waals surface area contributed by atoms with E-state index < -0.39 is 0 Å². The Bertz CT molecular complexity index is 384. The van der Waals surface area contributed by atoms with Crippen molar-refractivity contribution in [3.63, 3.8) is 0 Å². The SMILES string of the molecule is CCCn1c(SCCCC(CC)NC)n[nH]c1=O. The number of thioether (sulfide) groups is 1. The molecule has 0 saturated heterocycles. The molecule has 0 aliphatic carbocycles. The van der Waals surface area contributed by atoms with Crippen molar-refractivity contribution in [3.8, 4) is 0 Å². The molecule has 1 rings (SSSR count). The zero-order valence-corrected chi connectivity index (χ0v) is 12.3. The van der Waals surface area contributed by atoms with E-state index in [0.29, 0.717) is 6.04 Å². The van der Waals surface area contributed by atoms with E-state index in [2.05, 4.69) is 29.4 Å². The number of nitrogens with zero attached hydrogens (tertiary/aromatic N) is 2. The van der Waals surface area contributed by atoms with Crippen LogP contribution < -0.4 is 11.0 Å². The molecule has 0 fully saturated rings. The number of H-pyrrole nitrogens is 1. The highest BCUT2D eigenvalue weighted by Crippen LogP contribution is 2.16. The lowest BCUT2D eigenvalue weighted by molar-refractivity contribution is 0.504. The minimum Gasteiger partial charge on any atom is -0.317 e. The van der Waals surface area contributed by atoms with Crippen LogP contribution in [0.2, 0.25) is 0 Å². The van der Waals surface area contributed by atoms with Crippen LogP contribution in [0.4, 0.5) is 0 Å². The molecule has 1 heterocycles. The molecule has 1 aromatic rings. The predicted octanol–water partition coefficient (Wildman–Crippen LogP) is 1.85. The molecule has 0 spiro atoms. The smallest absolute Gasteiger partial charge is 0.317 e. The summed E-state index contributed by atoms with van der Waals surface area (Å²) in [5, 5.41) is 10.7. The third-order valence-electron chi connectivity index (χ3n) is 3.00. The van der Waals surface area contributed by atoms with Gasteiger partial charge in [-0.2, -0.15) is 0 Å². The summed E-state index contributed by atoms with van der Waals surface area (Å²) >= 11 is 1.66. The quantitative estimate of drug-likeness (QED) is 0.532. The lowest BCUT2D eigenvalue weighted by Crippen LogP contribution is -2.24. The summed E-state index contributed by atoms with van der Waals surface area (Å²) in [6.45, 7) is 5.00. The highest BCUT2D eigenvalue weighted by molar-refractivity contribution is 7.99. The van der Waals surface area contributed by atoms with Gasteiger partial charge in [0.25, 0.3) is 0 Å². The predicted molar refractivity (Wildman–Crippen MR) is 76.2 cm³/mol. The van der Waals surface area contributed by atoms with E-state index in [-0.39, 0.29) is 5.69 Å². The molecule has 18 heavy (non-hydrogen) atoms. The molecule has 0 aromatic carbocycles. The average Bonchev–Trinajstić information content (AvgIpc) is 2.72. The van der Waals surface area contributed by atoms with Gasteiger partial charge in [-0.3, -0.25) is 4.57 Å². The fourth-order valence-electron chi connectivity index (χ4n) is 1.88. The lowest BCUT2D eigenvalue weighted by Gasteiger charge is -2.12. The van der Waals surface area contributed by atoms with Crippen molar-refractivity contribution < 1.29 is 0 Å². The Hall–Kier alpha value is -0.750. The maximum absolute atomic E-state index is 11.5. The second-order valence-corrected chi connectivity index (χ2v) is 5.41. The number of aromatic nitrogens is 3. The average molecular weight is 272 g/mol. The van der Waals surface area contributed by atoms with Crippen LogP contribution in [-0.2, 0) is 6.54 Å².